The molecule has 0 aliphatic rings. The monoisotopic (exact) mass is 411 g/mol. The minimum absolute atomic E-state index is 0.225. The Hall–Kier alpha value is -1.29. The Kier molecular flexibility index (Phi) is 4.86. The number of rotatable bonds is 3. The highest BCUT2D eigenvalue weighted by atomic mass is 79.9. The zero-order valence-corrected chi connectivity index (χ0v) is 13.9. The highest BCUT2D eigenvalue weighted by Crippen LogP contribution is 2.32. The van der Waals surface area contributed by atoms with Gasteiger partial charge in [0.25, 0.3) is 0 Å². The first kappa shape index (κ1) is 15.1. The topological polar surface area (TPSA) is 61.1 Å². The van der Waals surface area contributed by atoms with Crippen LogP contribution in [-0.4, -0.2) is 11.1 Å². The minimum Gasteiger partial charge on any atom is -0.478 e. The highest BCUT2D eigenvalue weighted by molar-refractivity contribution is 9.10. The van der Waals surface area contributed by atoms with Gasteiger partial charge in [0.1, 0.15) is 6.07 Å². The van der Waals surface area contributed by atoms with Crippen molar-refractivity contribution < 1.29 is 9.90 Å². The van der Waals surface area contributed by atoms with Crippen LogP contribution >= 0.6 is 43.6 Å². The SMILES string of the molecule is N#Cc1ccc(Sc2ccc(Br)c(C(=O)O)c2)cc1Br. The second-order valence-corrected chi connectivity index (χ2v) is 6.66. The molecular formula is C14H7Br2NO2S. The molecule has 2 rings (SSSR count). The summed E-state index contributed by atoms with van der Waals surface area (Å²) in [5.41, 5.74) is 0.791. The molecule has 0 aliphatic carbocycles. The summed E-state index contributed by atoms with van der Waals surface area (Å²) in [6, 6.07) is 12.6. The van der Waals surface area contributed by atoms with Crippen molar-refractivity contribution in [1.82, 2.24) is 0 Å². The third-order valence-electron chi connectivity index (χ3n) is 2.46. The first-order chi connectivity index (χ1) is 9.51. The molecule has 0 saturated heterocycles. The molecule has 0 saturated carbocycles. The van der Waals surface area contributed by atoms with Gasteiger partial charge in [0.15, 0.2) is 0 Å². The number of benzene rings is 2. The Morgan fingerprint density at radius 3 is 2.35 bits per heavy atom. The van der Waals surface area contributed by atoms with Gasteiger partial charge in [-0.3, -0.25) is 0 Å². The molecular weight excluding hydrogens is 406 g/mol. The lowest BCUT2D eigenvalue weighted by Crippen LogP contribution is -1.97. The van der Waals surface area contributed by atoms with Gasteiger partial charge in [-0.2, -0.15) is 5.26 Å². The number of carboxylic acids is 1. The van der Waals surface area contributed by atoms with Gasteiger partial charge in [0.2, 0.25) is 0 Å². The average Bonchev–Trinajstić information content (AvgIpc) is 2.41. The fourth-order valence-corrected chi connectivity index (χ4v) is 3.45. The van der Waals surface area contributed by atoms with Gasteiger partial charge in [-0.25, -0.2) is 4.79 Å². The smallest absolute Gasteiger partial charge is 0.336 e. The van der Waals surface area contributed by atoms with E-state index in [2.05, 4.69) is 37.9 Å². The van der Waals surface area contributed by atoms with Crippen LogP contribution in [0.4, 0.5) is 0 Å². The van der Waals surface area contributed by atoms with E-state index in [9.17, 15) is 4.79 Å². The number of hydrogen-bond donors (Lipinski definition) is 1. The average molecular weight is 413 g/mol. The molecule has 0 fully saturated rings. The van der Waals surface area contributed by atoms with E-state index >= 15 is 0 Å². The number of carbonyl (C=O) groups is 1. The van der Waals surface area contributed by atoms with Crippen molar-refractivity contribution >= 4 is 49.6 Å². The maximum Gasteiger partial charge on any atom is 0.336 e. The molecule has 0 radical (unpaired) electrons. The van der Waals surface area contributed by atoms with E-state index in [4.69, 9.17) is 10.4 Å². The normalized spacial score (nSPS) is 10.1. The quantitative estimate of drug-likeness (QED) is 0.775. The molecule has 0 bridgehead atoms. The summed E-state index contributed by atoms with van der Waals surface area (Å²) >= 11 is 7.98. The van der Waals surface area contributed by atoms with Crippen molar-refractivity contribution in [2.24, 2.45) is 0 Å². The summed E-state index contributed by atoms with van der Waals surface area (Å²) in [6.45, 7) is 0. The van der Waals surface area contributed by atoms with Crippen molar-refractivity contribution in [1.29, 1.82) is 5.26 Å². The lowest BCUT2D eigenvalue weighted by Gasteiger charge is -2.06. The molecule has 1 N–H and O–H groups in total. The molecule has 0 aliphatic heterocycles. The van der Waals surface area contributed by atoms with E-state index in [-0.39, 0.29) is 5.56 Å². The van der Waals surface area contributed by atoms with E-state index in [0.29, 0.717) is 10.0 Å². The van der Waals surface area contributed by atoms with Crippen LogP contribution in [0.3, 0.4) is 0 Å². The molecule has 2 aromatic carbocycles. The van der Waals surface area contributed by atoms with Crippen LogP contribution < -0.4 is 0 Å². The van der Waals surface area contributed by atoms with Crippen LogP contribution in [0.1, 0.15) is 15.9 Å². The van der Waals surface area contributed by atoms with Crippen molar-refractivity contribution in [2.45, 2.75) is 9.79 Å². The van der Waals surface area contributed by atoms with Crippen molar-refractivity contribution in [3.8, 4) is 6.07 Å². The van der Waals surface area contributed by atoms with Crippen LogP contribution in [0, 0.1) is 11.3 Å². The number of hydrogen-bond acceptors (Lipinski definition) is 3. The third-order valence-corrected chi connectivity index (χ3v) is 4.79. The number of carboxylic acid groups (broad SMARTS) is 1. The summed E-state index contributed by atoms with van der Waals surface area (Å²) in [5, 5.41) is 18.0. The highest BCUT2D eigenvalue weighted by Gasteiger charge is 2.10. The minimum atomic E-state index is -0.972. The number of nitrogens with zero attached hydrogens (tertiary/aromatic N) is 1. The van der Waals surface area contributed by atoms with Gasteiger partial charge in [-0.1, -0.05) is 11.8 Å². The van der Waals surface area contributed by atoms with E-state index in [0.717, 1.165) is 14.3 Å². The second-order valence-electron chi connectivity index (χ2n) is 3.80. The number of aromatic carboxylic acids is 1. The first-order valence-electron chi connectivity index (χ1n) is 5.41. The van der Waals surface area contributed by atoms with E-state index < -0.39 is 5.97 Å². The lowest BCUT2D eigenvalue weighted by atomic mass is 10.2. The zero-order chi connectivity index (χ0) is 14.7. The molecule has 0 amide bonds. The summed E-state index contributed by atoms with van der Waals surface area (Å²) in [5.74, 6) is -0.972. The fourth-order valence-electron chi connectivity index (χ4n) is 1.52. The van der Waals surface area contributed by atoms with Gasteiger partial charge in [0, 0.05) is 18.7 Å². The number of halogens is 2. The van der Waals surface area contributed by atoms with Gasteiger partial charge in [0.05, 0.1) is 11.1 Å². The molecule has 0 heterocycles. The lowest BCUT2D eigenvalue weighted by molar-refractivity contribution is 0.0695. The first-order valence-corrected chi connectivity index (χ1v) is 7.82. The van der Waals surface area contributed by atoms with Crippen molar-refractivity contribution in [2.75, 3.05) is 0 Å². The molecule has 20 heavy (non-hydrogen) atoms. The second kappa shape index (κ2) is 6.44. The summed E-state index contributed by atoms with van der Waals surface area (Å²) in [6.07, 6.45) is 0. The van der Waals surface area contributed by atoms with E-state index in [1.54, 1.807) is 18.2 Å². The van der Waals surface area contributed by atoms with Gasteiger partial charge < -0.3 is 5.11 Å². The molecule has 0 atom stereocenters. The predicted octanol–water partition coefficient (Wildman–Crippen LogP) is 4.93. The van der Waals surface area contributed by atoms with Gasteiger partial charge >= 0.3 is 5.97 Å². The Labute approximate surface area is 136 Å². The Morgan fingerprint density at radius 1 is 1.10 bits per heavy atom. The summed E-state index contributed by atoms with van der Waals surface area (Å²) in [7, 11) is 0. The van der Waals surface area contributed by atoms with E-state index in [1.807, 2.05) is 18.2 Å². The van der Waals surface area contributed by atoms with Crippen LogP contribution in [0.15, 0.2) is 55.1 Å². The van der Waals surface area contributed by atoms with Crippen molar-refractivity contribution in [3.05, 3.63) is 56.5 Å². The molecule has 0 unspecified atom stereocenters. The largest absolute Gasteiger partial charge is 0.478 e. The molecule has 3 nitrogen and oxygen atoms in total. The molecule has 2 aromatic rings. The molecule has 100 valence electrons. The summed E-state index contributed by atoms with van der Waals surface area (Å²) in [4.78, 5) is 12.8. The van der Waals surface area contributed by atoms with Crippen LogP contribution in [0.25, 0.3) is 0 Å². The van der Waals surface area contributed by atoms with Crippen LogP contribution in [0.5, 0.6) is 0 Å². The standard InChI is InChI=1S/C14H7Br2NO2S/c15-12-4-3-9(5-11(12)14(18)19)20-10-2-1-8(7-17)13(16)6-10/h1-6H,(H,18,19). The maximum absolute atomic E-state index is 11.1. The van der Waals surface area contributed by atoms with Crippen molar-refractivity contribution in [3.63, 3.8) is 0 Å². The predicted molar refractivity (Wildman–Crippen MR) is 84.1 cm³/mol. The molecule has 0 spiro atoms. The van der Waals surface area contributed by atoms with Crippen LogP contribution in [-0.2, 0) is 0 Å². The zero-order valence-electron chi connectivity index (χ0n) is 9.93. The maximum atomic E-state index is 11.1. The van der Waals surface area contributed by atoms with Gasteiger partial charge in [-0.05, 0) is 68.3 Å². The van der Waals surface area contributed by atoms with E-state index in [1.165, 1.54) is 11.8 Å². The Bertz CT molecular complexity index is 726. The Balaban J connectivity index is 2.31. The fraction of sp³-hybridized carbons (Fsp3) is 0. The van der Waals surface area contributed by atoms with Crippen LogP contribution in [0.2, 0.25) is 0 Å². The third kappa shape index (κ3) is 3.42. The molecule has 0 aromatic heterocycles. The number of nitriles is 1. The van der Waals surface area contributed by atoms with Gasteiger partial charge in [-0.15, -0.1) is 0 Å². The molecule has 6 heteroatoms. The Morgan fingerprint density at radius 2 is 1.75 bits per heavy atom. The summed E-state index contributed by atoms with van der Waals surface area (Å²) < 4.78 is 1.27.